The number of nitrogens with two attached hydrogens (primary N) is 2. The largest absolute Gasteiger partial charge is 0.384 e. The number of rotatable bonds is 6. The Hall–Kier alpha value is -3.95. The molecule has 0 spiro atoms. The fourth-order valence-electron chi connectivity index (χ4n) is 3.74. The molecule has 1 heterocycles. The number of hydrogen-bond donors (Lipinski definition) is 4. The molecular weight excluding hydrogens is 438 g/mol. The van der Waals surface area contributed by atoms with Crippen LogP contribution in [0.3, 0.4) is 0 Å². The van der Waals surface area contributed by atoms with Crippen molar-refractivity contribution in [2.75, 3.05) is 11.9 Å². The highest BCUT2D eigenvalue weighted by Crippen LogP contribution is 2.28. The Kier molecular flexibility index (Phi) is 5.75. The van der Waals surface area contributed by atoms with Crippen LogP contribution in [0.25, 0.3) is 22.0 Å². The van der Waals surface area contributed by atoms with Crippen molar-refractivity contribution in [3.63, 3.8) is 0 Å². The summed E-state index contributed by atoms with van der Waals surface area (Å²) >= 11 is 0. The minimum absolute atomic E-state index is 0.0309. The molecule has 8 nitrogen and oxygen atoms in total. The molecule has 0 atom stereocenters. The first-order valence-corrected chi connectivity index (χ1v) is 11.6. The third-order valence-electron chi connectivity index (χ3n) is 5.55. The van der Waals surface area contributed by atoms with Crippen LogP contribution in [0.1, 0.15) is 11.1 Å². The molecule has 0 saturated carbocycles. The zero-order chi connectivity index (χ0) is 23.8. The molecule has 3 aromatic carbocycles. The van der Waals surface area contributed by atoms with Crippen LogP contribution in [0.2, 0.25) is 0 Å². The van der Waals surface area contributed by atoms with Crippen LogP contribution in [0.4, 0.5) is 5.69 Å². The van der Waals surface area contributed by atoms with Gasteiger partial charge in [0.1, 0.15) is 5.84 Å². The summed E-state index contributed by atoms with van der Waals surface area (Å²) < 4.78 is 23.8. The van der Waals surface area contributed by atoms with Gasteiger partial charge in [0.15, 0.2) is 0 Å². The van der Waals surface area contributed by atoms with Crippen molar-refractivity contribution in [1.82, 2.24) is 4.98 Å². The maximum Gasteiger partial charge on any atom is 0.238 e. The molecular formula is C24H23N5O3S. The summed E-state index contributed by atoms with van der Waals surface area (Å²) in [5.41, 5.74) is 9.71. The Morgan fingerprint density at radius 2 is 1.76 bits per heavy atom. The monoisotopic (exact) mass is 461 g/mol. The van der Waals surface area contributed by atoms with Crippen LogP contribution in [0.15, 0.2) is 77.8 Å². The molecule has 168 valence electrons. The lowest BCUT2D eigenvalue weighted by molar-refractivity contribution is -0.117. The number of nitrogen functional groups attached to an aromatic ring is 1. The smallest absolute Gasteiger partial charge is 0.238 e. The lowest BCUT2D eigenvalue weighted by Gasteiger charge is -2.18. The molecule has 4 aromatic rings. The van der Waals surface area contributed by atoms with E-state index in [0.29, 0.717) is 22.4 Å². The molecule has 0 aliphatic heterocycles. The third kappa shape index (κ3) is 4.50. The number of hydrogen-bond acceptors (Lipinski definition) is 4. The SMILES string of the molecule is CN(C(=O)Cc1c[nH]c2ccc(C(=N)N)cc12)c1ccc(-c2ccccc2S(N)(=O)=O)cc1. The molecule has 0 aliphatic carbocycles. The van der Waals surface area contributed by atoms with Crippen LogP contribution in [-0.2, 0) is 21.2 Å². The predicted octanol–water partition coefficient (Wildman–Crippen LogP) is 2.97. The molecule has 0 bridgehead atoms. The van der Waals surface area contributed by atoms with Gasteiger partial charge in [-0.2, -0.15) is 0 Å². The summed E-state index contributed by atoms with van der Waals surface area (Å²) in [6.45, 7) is 0. The quantitative estimate of drug-likeness (QED) is 0.258. The van der Waals surface area contributed by atoms with Gasteiger partial charge in [-0.25, -0.2) is 13.6 Å². The van der Waals surface area contributed by atoms with Gasteiger partial charge >= 0.3 is 0 Å². The highest BCUT2D eigenvalue weighted by atomic mass is 32.2. The summed E-state index contributed by atoms with van der Waals surface area (Å²) in [4.78, 5) is 17.7. The van der Waals surface area contributed by atoms with E-state index in [2.05, 4.69) is 4.98 Å². The van der Waals surface area contributed by atoms with Crippen molar-refractivity contribution in [2.45, 2.75) is 11.3 Å². The van der Waals surface area contributed by atoms with E-state index in [1.807, 2.05) is 6.07 Å². The molecule has 0 unspecified atom stereocenters. The van der Waals surface area contributed by atoms with E-state index < -0.39 is 10.0 Å². The maximum absolute atomic E-state index is 13.0. The van der Waals surface area contributed by atoms with Crippen molar-refractivity contribution in [3.8, 4) is 11.1 Å². The molecule has 0 aliphatic rings. The number of amidine groups is 1. The standard InChI is InChI=1S/C24H23N5O3S/c1-29(23(30)13-17-14-28-21-11-8-16(24(25)26)12-20(17)21)18-9-6-15(7-10-18)19-4-2-3-5-22(19)33(27,31)32/h2-12,14,28H,13H2,1H3,(H3,25,26)(H2,27,31,32). The van der Waals surface area contributed by atoms with Gasteiger partial charge < -0.3 is 15.6 Å². The fourth-order valence-corrected chi connectivity index (χ4v) is 4.50. The van der Waals surface area contributed by atoms with Gasteiger partial charge in [0, 0.05) is 41.0 Å². The molecule has 0 radical (unpaired) electrons. The zero-order valence-corrected chi connectivity index (χ0v) is 18.7. The molecule has 0 fully saturated rings. The first kappa shape index (κ1) is 22.3. The Bertz CT molecular complexity index is 1470. The van der Waals surface area contributed by atoms with Crippen LogP contribution < -0.4 is 15.8 Å². The van der Waals surface area contributed by atoms with E-state index in [0.717, 1.165) is 16.5 Å². The lowest BCUT2D eigenvalue weighted by Crippen LogP contribution is -2.27. The number of likely N-dealkylation sites (N-methyl/N-ethyl adjacent to an activating group) is 1. The second-order valence-corrected chi connectivity index (χ2v) is 9.24. The maximum atomic E-state index is 13.0. The van der Waals surface area contributed by atoms with Crippen LogP contribution in [0, 0.1) is 5.41 Å². The molecule has 33 heavy (non-hydrogen) atoms. The van der Waals surface area contributed by atoms with Gasteiger partial charge in [0.2, 0.25) is 15.9 Å². The topological polar surface area (TPSA) is 146 Å². The van der Waals surface area contributed by atoms with E-state index in [9.17, 15) is 13.2 Å². The van der Waals surface area contributed by atoms with Crippen molar-refractivity contribution >= 4 is 38.4 Å². The minimum atomic E-state index is -3.87. The Morgan fingerprint density at radius 1 is 1.06 bits per heavy atom. The van der Waals surface area contributed by atoms with Gasteiger partial charge in [-0.1, -0.05) is 30.3 Å². The minimum Gasteiger partial charge on any atom is -0.384 e. The van der Waals surface area contributed by atoms with Gasteiger partial charge in [-0.05, 0) is 47.5 Å². The number of sulfonamides is 1. The molecule has 1 amide bonds. The van der Waals surface area contributed by atoms with Crippen LogP contribution in [0.5, 0.6) is 0 Å². The van der Waals surface area contributed by atoms with Gasteiger partial charge in [0.05, 0.1) is 11.3 Å². The second kappa shape index (κ2) is 8.53. The summed E-state index contributed by atoms with van der Waals surface area (Å²) in [5, 5.41) is 13.8. The number of benzene rings is 3. The molecule has 4 rings (SSSR count). The number of carbonyl (C=O) groups excluding carboxylic acids is 1. The highest BCUT2D eigenvalue weighted by Gasteiger charge is 2.17. The third-order valence-corrected chi connectivity index (χ3v) is 6.52. The van der Waals surface area contributed by atoms with Gasteiger partial charge in [-0.3, -0.25) is 10.2 Å². The average Bonchev–Trinajstić information content (AvgIpc) is 3.20. The Morgan fingerprint density at radius 3 is 2.42 bits per heavy atom. The summed E-state index contributed by atoms with van der Waals surface area (Å²) in [5.74, 6) is -0.154. The first-order valence-electron chi connectivity index (χ1n) is 10.1. The number of carbonyl (C=O) groups is 1. The Labute approximate surface area is 191 Å². The number of anilines is 1. The van der Waals surface area contributed by atoms with Crippen molar-refractivity contribution in [3.05, 3.63) is 84.1 Å². The van der Waals surface area contributed by atoms with Crippen molar-refractivity contribution in [2.24, 2.45) is 10.9 Å². The summed E-state index contributed by atoms with van der Waals surface area (Å²) in [6, 6.07) is 18.9. The zero-order valence-electron chi connectivity index (χ0n) is 17.9. The number of H-pyrrole nitrogens is 1. The number of nitrogens with zero attached hydrogens (tertiary/aromatic N) is 1. The van der Waals surface area contributed by atoms with Crippen LogP contribution in [-0.4, -0.2) is 32.2 Å². The second-order valence-electron chi connectivity index (χ2n) is 7.71. The number of fused-ring (bicyclic) bond motifs is 1. The van der Waals surface area contributed by atoms with E-state index in [1.54, 1.807) is 72.7 Å². The van der Waals surface area contributed by atoms with Gasteiger partial charge in [-0.15, -0.1) is 0 Å². The lowest BCUT2D eigenvalue weighted by atomic mass is 10.0. The Balaban J connectivity index is 1.57. The normalized spacial score (nSPS) is 11.5. The van der Waals surface area contributed by atoms with Crippen LogP contribution >= 0.6 is 0 Å². The number of primary sulfonamides is 1. The number of amides is 1. The average molecular weight is 462 g/mol. The van der Waals surface area contributed by atoms with E-state index >= 15 is 0 Å². The molecule has 9 heteroatoms. The molecule has 1 aromatic heterocycles. The van der Waals surface area contributed by atoms with E-state index in [4.69, 9.17) is 16.3 Å². The summed E-state index contributed by atoms with van der Waals surface area (Å²) in [7, 11) is -2.18. The van der Waals surface area contributed by atoms with Crippen molar-refractivity contribution in [1.29, 1.82) is 5.41 Å². The number of aromatic nitrogens is 1. The fraction of sp³-hybridized carbons (Fsp3) is 0.0833. The van der Waals surface area contributed by atoms with Gasteiger partial charge in [0.25, 0.3) is 0 Å². The van der Waals surface area contributed by atoms with E-state index in [-0.39, 0.29) is 23.1 Å². The number of nitrogens with one attached hydrogen (secondary N) is 2. The van der Waals surface area contributed by atoms with E-state index in [1.165, 1.54) is 6.07 Å². The highest BCUT2D eigenvalue weighted by molar-refractivity contribution is 7.89. The molecule has 6 N–H and O–H groups in total. The predicted molar refractivity (Wildman–Crippen MR) is 130 cm³/mol. The number of aromatic amines is 1. The first-order chi connectivity index (χ1) is 15.6. The summed E-state index contributed by atoms with van der Waals surface area (Å²) in [6.07, 6.45) is 1.95. The van der Waals surface area contributed by atoms with Crippen molar-refractivity contribution < 1.29 is 13.2 Å². The molecule has 0 saturated heterocycles.